The van der Waals surface area contributed by atoms with Crippen molar-refractivity contribution in [1.82, 2.24) is 0 Å². The summed E-state index contributed by atoms with van der Waals surface area (Å²) < 4.78 is 0. The van der Waals surface area contributed by atoms with E-state index in [2.05, 4.69) is 0 Å². The fourth-order valence-corrected chi connectivity index (χ4v) is 0.677. The average molecular weight is 153 g/mol. The first kappa shape index (κ1) is 7.33. The summed E-state index contributed by atoms with van der Waals surface area (Å²) in [6.07, 6.45) is 0. The molecular weight excluding hydrogens is 148 g/mol. The van der Waals surface area contributed by atoms with Crippen molar-refractivity contribution in [3.05, 3.63) is 28.3 Å². The summed E-state index contributed by atoms with van der Waals surface area (Å²) in [6, 6.07) is 3.45. The Kier molecular flexibility index (Phi) is 1.63. The smallest absolute Gasteiger partial charge is 0.263 e. The number of nitro benzene ring substituents is 1. The molecule has 1 aromatic rings. The van der Waals surface area contributed by atoms with Crippen LogP contribution in [0.5, 0.6) is 5.75 Å². The van der Waals surface area contributed by atoms with Gasteiger partial charge in [-0.15, -0.1) is 0 Å². The fraction of sp³-hybridized carbons (Fsp3) is 0. The topological polar surface area (TPSA) is 92.2 Å². The molecule has 0 aliphatic heterocycles. The molecule has 0 aromatic heterocycles. The van der Waals surface area contributed by atoms with Gasteiger partial charge in [0.2, 0.25) is 0 Å². The predicted octanol–water partition coefficient (Wildman–Crippen LogP) is 0.251. The summed E-state index contributed by atoms with van der Waals surface area (Å²) in [5.41, 5.74) is 4.96. The van der Waals surface area contributed by atoms with Crippen molar-refractivity contribution >= 4 is 11.4 Å². The highest BCUT2D eigenvalue weighted by Gasteiger charge is 2.05. The van der Waals surface area contributed by atoms with Crippen molar-refractivity contribution in [2.75, 3.05) is 5.73 Å². The maximum absolute atomic E-state index is 10.7. The average Bonchev–Trinajstić information content (AvgIpc) is 1.94. The molecule has 0 fully saturated rings. The van der Waals surface area contributed by atoms with Crippen molar-refractivity contribution in [2.45, 2.75) is 0 Å². The summed E-state index contributed by atoms with van der Waals surface area (Å²) in [5, 5.41) is 20.8. The van der Waals surface area contributed by atoms with E-state index in [4.69, 9.17) is 5.73 Å². The van der Waals surface area contributed by atoms with Crippen LogP contribution >= 0.6 is 0 Å². The summed E-state index contributed by atoms with van der Waals surface area (Å²) in [5.74, 6) is -0.621. The Hall–Kier alpha value is -1.78. The minimum atomic E-state index is -0.751. The largest absolute Gasteiger partial charge is 0.868 e. The van der Waals surface area contributed by atoms with Gasteiger partial charge in [0.05, 0.1) is 4.92 Å². The van der Waals surface area contributed by atoms with Gasteiger partial charge in [0.1, 0.15) is 0 Å². The van der Waals surface area contributed by atoms with Crippen LogP contribution in [0.25, 0.3) is 0 Å². The van der Waals surface area contributed by atoms with Gasteiger partial charge in [0, 0.05) is 11.8 Å². The van der Waals surface area contributed by atoms with Crippen LogP contribution in [0, 0.1) is 10.1 Å². The van der Waals surface area contributed by atoms with E-state index in [1.54, 1.807) is 0 Å². The van der Waals surface area contributed by atoms with Crippen LogP contribution in [0.3, 0.4) is 0 Å². The third-order valence-corrected chi connectivity index (χ3v) is 1.18. The second-order valence-corrected chi connectivity index (χ2v) is 1.98. The third-order valence-electron chi connectivity index (χ3n) is 1.18. The predicted molar refractivity (Wildman–Crippen MR) is 37.0 cm³/mol. The number of hydrogen-bond donors (Lipinski definition) is 1. The normalized spacial score (nSPS) is 9.45. The second kappa shape index (κ2) is 2.45. The van der Waals surface area contributed by atoms with Crippen molar-refractivity contribution in [1.29, 1.82) is 0 Å². The van der Waals surface area contributed by atoms with E-state index >= 15 is 0 Å². The van der Waals surface area contributed by atoms with E-state index in [9.17, 15) is 15.2 Å². The quantitative estimate of drug-likeness (QED) is 0.355. The molecule has 1 aromatic carbocycles. The van der Waals surface area contributed by atoms with Gasteiger partial charge in [0.25, 0.3) is 5.69 Å². The van der Waals surface area contributed by atoms with Crippen LogP contribution in [0.15, 0.2) is 18.2 Å². The molecule has 0 aliphatic rings. The van der Waals surface area contributed by atoms with Crippen molar-refractivity contribution in [3.63, 3.8) is 0 Å². The number of nitrogens with zero attached hydrogens (tertiary/aromatic N) is 1. The lowest BCUT2D eigenvalue weighted by Gasteiger charge is -2.05. The summed E-state index contributed by atoms with van der Waals surface area (Å²) in [4.78, 5) is 9.37. The molecule has 0 spiro atoms. The molecule has 0 heterocycles. The molecule has 0 atom stereocenters. The molecule has 11 heavy (non-hydrogen) atoms. The number of anilines is 1. The Balaban J connectivity index is 3.23. The highest BCUT2D eigenvalue weighted by atomic mass is 16.6. The number of hydrogen-bond acceptors (Lipinski definition) is 4. The molecule has 0 radical (unpaired) electrons. The standard InChI is InChI=1S/C6H6N2O3/c7-4-1-2-6(9)5(3-4)8(10)11/h1-3,9H,7H2/p-1. The Morgan fingerprint density at radius 3 is 2.55 bits per heavy atom. The van der Waals surface area contributed by atoms with Gasteiger partial charge in [-0.2, -0.15) is 0 Å². The molecule has 0 aliphatic carbocycles. The summed E-state index contributed by atoms with van der Waals surface area (Å²) in [7, 11) is 0. The van der Waals surface area contributed by atoms with Gasteiger partial charge >= 0.3 is 0 Å². The SMILES string of the molecule is Nc1ccc([O-])c([N+](=O)[O-])c1. The highest BCUT2D eigenvalue weighted by molar-refractivity contribution is 5.54. The number of benzene rings is 1. The summed E-state index contributed by atoms with van der Waals surface area (Å²) in [6.45, 7) is 0. The lowest BCUT2D eigenvalue weighted by Crippen LogP contribution is -1.98. The zero-order chi connectivity index (χ0) is 8.43. The van der Waals surface area contributed by atoms with Crippen LogP contribution in [0.2, 0.25) is 0 Å². The first-order valence-corrected chi connectivity index (χ1v) is 2.82. The highest BCUT2D eigenvalue weighted by Crippen LogP contribution is 2.24. The monoisotopic (exact) mass is 153 g/mol. The van der Waals surface area contributed by atoms with Crippen LogP contribution in [0.1, 0.15) is 0 Å². The Labute approximate surface area is 62.2 Å². The Morgan fingerprint density at radius 2 is 2.09 bits per heavy atom. The number of nitrogen functional groups attached to an aromatic ring is 1. The molecule has 5 nitrogen and oxygen atoms in total. The maximum Gasteiger partial charge on any atom is 0.263 e. The summed E-state index contributed by atoms with van der Waals surface area (Å²) >= 11 is 0. The van der Waals surface area contributed by atoms with Gasteiger partial charge in [-0.1, -0.05) is 6.07 Å². The minimum absolute atomic E-state index is 0.219. The first-order valence-electron chi connectivity index (χ1n) is 2.82. The first-order chi connectivity index (χ1) is 5.11. The zero-order valence-electron chi connectivity index (χ0n) is 5.48. The molecule has 0 bridgehead atoms. The zero-order valence-corrected chi connectivity index (χ0v) is 5.48. The Bertz CT molecular complexity index is 298. The van der Waals surface area contributed by atoms with Crippen LogP contribution in [0.4, 0.5) is 11.4 Å². The number of rotatable bonds is 1. The van der Waals surface area contributed by atoms with E-state index < -0.39 is 16.4 Å². The number of nitrogens with two attached hydrogens (primary N) is 1. The molecule has 2 N–H and O–H groups in total. The molecular formula is C6H5N2O3-. The van der Waals surface area contributed by atoms with Crippen LogP contribution < -0.4 is 10.8 Å². The van der Waals surface area contributed by atoms with Crippen molar-refractivity contribution in [2.24, 2.45) is 0 Å². The molecule has 0 unspecified atom stereocenters. The van der Waals surface area contributed by atoms with E-state index in [0.717, 1.165) is 12.1 Å². The van der Waals surface area contributed by atoms with Gasteiger partial charge in [0.15, 0.2) is 0 Å². The fourth-order valence-electron chi connectivity index (χ4n) is 0.677. The van der Waals surface area contributed by atoms with Gasteiger partial charge in [-0.05, 0) is 11.8 Å². The van der Waals surface area contributed by atoms with E-state index in [0.29, 0.717) is 0 Å². The number of nitro groups is 1. The van der Waals surface area contributed by atoms with E-state index in [1.165, 1.54) is 6.07 Å². The second-order valence-electron chi connectivity index (χ2n) is 1.98. The third kappa shape index (κ3) is 1.37. The molecule has 5 heteroatoms. The Morgan fingerprint density at radius 1 is 1.45 bits per heavy atom. The van der Waals surface area contributed by atoms with Crippen molar-refractivity contribution in [3.8, 4) is 5.75 Å². The van der Waals surface area contributed by atoms with Gasteiger partial charge in [-0.3, -0.25) is 10.1 Å². The van der Waals surface area contributed by atoms with Crippen LogP contribution in [-0.2, 0) is 0 Å². The van der Waals surface area contributed by atoms with Gasteiger partial charge < -0.3 is 10.8 Å². The van der Waals surface area contributed by atoms with Gasteiger partial charge in [-0.25, -0.2) is 0 Å². The molecule has 58 valence electrons. The van der Waals surface area contributed by atoms with Crippen molar-refractivity contribution < 1.29 is 10.0 Å². The van der Waals surface area contributed by atoms with Crippen LogP contribution in [-0.4, -0.2) is 4.92 Å². The lowest BCUT2D eigenvalue weighted by atomic mass is 10.2. The maximum atomic E-state index is 10.7. The molecule has 1 rings (SSSR count). The molecule has 0 saturated carbocycles. The lowest BCUT2D eigenvalue weighted by molar-refractivity contribution is -0.398. The van der Waals surface area contributed by atoms with E-state index in [-0.39, 0.29) is 5.69 Å². The molecule has 0 amide bonds. The molecule has 0 saturated heterocycles. The minimum Gasteiger partial charge on any atom is -0.868 e. The van der Waals surface area contributed by atoms with E-state index in [1.807, 2.05) is 0 Å².